The molecule has 1 aliphatic heterocycles. The van der Waals surface area contributed by atoms with Crippen LogP contribution >= 0.6 is 7.82 Å². The molecule has 27 heavy (non-hydrogen) atoms. The van der Waals surface area contributed by atoms with Gasteiger partial charge in [0, 0.05) is 12.4 Å². The summed E-state index contributed by atoms with van der Waals surface area (Å²) in [6.45, 7) is -1.28. The molecule has 13 nitrogen and oxygen atoms in total. The van der Waals surface area contributed by atoms with Gasteiger partial charge in [-0.3, -0.25) is 4.52 Å². The molecule has 1 unspecified atom stereocenters. The van der Waals surface area contributed by atoms with Gasteiger partial charge in [0.2, 0.25) is 5.79 Å². The standard InChI is InChI=1S/C7H15NO3.C6H13O9P/c1-8(2,3)5-6(9)4-7(10)11;7-2-6(10)5(9)4(8)3(15-6)1-14-16(11,12)13/h6,9H,4-5H2,1-3H3;3-5,7-10H,1-2H2,(H2,11,12,13)/t;3-,4-,5+,6-/m.1/s1. The van der Waals surface area contributed by atoms with Crippen molar-refractivity contribution in [3.05, 3.63) is 0 Å². The summed E-state index contributed by atoms with van der Waals surface area (Å²) in [5.41, 5.74) is 0. The fraction of sp³-hybridized carbons (Fsp3) is 0.923. The number of quaternary nitrogens is 1. The number of likely N-dealkylation sites (N-methyl/N-ethyl adjacent to an activating group) is 1. The molecule has 7 N–H and O–H groups in total. The number of phosphoric ester groups is 1. The zero-order chi connectivity index (χ0) is 21.6. The molecule has 162 valence electrons. The first-order valence-electron chi connectivity index (χ1n) is 7.76. The predicted octanol–water partition coefficient (Wildman–Crippen LogP) is -4.91. The molecule has 0 amide bonds. The Labute approximate surface area is 155 Å². The highest BCUT2D eigenvalue weighted by molar-refractivity contribution is 7.46. The Bertz CT molecular complexity index is 520. The Balaban J connectivity index is 0.000000541. The first-order chi connectivity index (χ1) is 12.0. The van der Waals surface area contributed by atoms with Crippen molar-refractivity contribution in [1.29, 1.82) is 0 Å². The Morgan fingerprint density at radius 2 is 1.85 bits per heavy atom. The van der Waals surface area contributed by atoms with Crippen molar-refractivity contribution in [1.82, 2.24) is 0 Å². The van der Waals surface area contributed by atoms with Crippen molar-refractivity contribution >= 4 is 13.8 Å². The lowest BCUT2D eigenvalue weighted by Gasteiger charge is -2.26. The maximum atomic E-state index is 10.4. The molecule has 0 bridgehead atoms. The van der Waals surface area contributed by atoms with Gasteiger partial charge in [-0.1, -0.05) is 0 Å². The van der Waals surface area contributed by atoms with Crippen LogP contribution in [0.25, 0.3) is 0 Å². The van der Waals surface area contributed by atoms with Gasteiger partial charge in [0.1, 0.15) is 31.0 Å². The number of aliphatic hydroxyl groups is 5. The maximum absolute atomic E-state index is 10.4. The van der Waals surface area contributed by atoms with Crippen molar-refractivity contribution in [3.63, 3.8) is 0 Å². The van der Waals surface area contributed by atoms with Crippen LogP contribution < -0.4 is 5.11 Å². The normalized spacial score (nSPS) is 29.8. The average Bonchev–Trinajstić information content (AvgIpc) is 2.67. The van der Waals surface area contributed by atoms with Crippen molar-refractivity contribution in [3.8, 4) is 0 Å². The van der Waals surface area contributed by atoms with Crippen molar-refractivity contribution in [2.75, 3.05) is 40.9 Å². The molecule has 1 rings (SSSR count). The summed E-state index contributed by atoms with van der Waals surface area (Å²) < 4.78 is 19.6. The highest BCUT2D eigenvalue weighted by Gasteiger charge is 2.53. The Morgan fingerprint density at radius 1 is 1.33 bits per heavy atom. The number of hydrogen-bond acceptors (Lipinski definition) is 10. The van der Waals surface area contributed by atoms with Crippen LogP contribution in [0.15, 0.2) is 0 Å². The summed E-state index contributed by atoms with van der Waals surface area (Å²) >= 11 is 0. The van der Waals surface area contributed by atoms with E-state index in [4.69, 9.17) is 20.0 Å². The lowest BCUT2D eigenvalue weighted by atomic mass is 10.1. The average molecular weight is 421 g/mol. The smallest absolute Gasteiger partial charge is 0.469 e. The number of ether oxygens (including phenoxy) is 1. The fourth-order valence-electron chi connectivity index (χ4n) is 2.19. The van der Waals surface area contributed by atoms with E-state index in [0.29, 0.717) is 11.0 Å². The van der Waals surface area contributed by atoms with Crippen LogP contribution in [0.2, 0.25) is 0 Å². The van der Waals surface area contributed by atoms with Gasteiger partial charge in [-0.2, -0.15) is 0 Å². The predicted molar refractivity (Wildman–Crippen MR) is 85.4 cm³/mol. The number of hydrogen-bond donors (Lipinski definition) is 7. The van der Waals surface area contributed by atoms with Crippen LogP contribution in [-0.2, 0) is 18.6 Å². The third kappa shape index (κ3) is 10.4. The van der Waals surface area contributed by atoms with E-state index in [9.17, 15) is 29.8 Å². The number of carboxylic acids is 1. The van der Waals surface area contributed by atoms with Gasteiger partial charge >= 0.3 is 7.82 Å². The molecule has 5 atom stereocenters. The number of aliphatic hydroxyl groups excluding tert-OH is 4. The number of carbonyl (C=O) groups excluding carboxylic acids is 1. The van der Waals surface area contributed by atoms with Gasteiger partial charge in [-0.05, 0) is 0 Å². The summed E-state index contributed by atoms with van der Waals surface area (Å²) in [4.78, 5) is 26.8. The highest BCUT2D eigenvalue weighted by Crippen LogP contribution is 2.38. The topological polar surface area (TPSA) is 217 Å². The van der Waals surface area contributed by atoms with E-state index in [2.05, 4.69) is 9.26 Å². The van der Waals surface area contributed by atoms with E-state index in [1.54, 1.807) is 0 Å². The second-order valence-corrected chi connectivity index (χ2v) is 8.32. The molecule has 0 aromatic carbocycles. The second-order valence-electron chi connectivity index (χ2n) is 7.08. The monoisotopic (exact) mass is 421 g/mol. The molecule has 1 aliphatic rings. The van der Waals surface area contributed by atoms with Crippen LogP contribution in [-0.4, -0.2) is 117 Å². The quantitative estimate of drug-likeness (QED) is 0.145. The number of carbonyl (C=O) groups is 1. The summed E-state index contributed by atoms with van der Waals surface area (Å²) in [5, 5.41) is 55.9. The fourth-order valence-corrected chi connectivity index (χ4v) is 2.54. The first-order valence-corrected chi connectivity index (χ1v) is 9.29. The first kappa shape index (κ1) is 26.3. The molecule has 0 radical (unpaired) electrons. The molecule has 14 heteroatoms. The molecule has 1 saturated heterocycles. The van der Waals surface area contributed by atoms with E-state index in [-0.39, 0.29) is 6.42 Å². The zero-order valence-corrected chi connectivity index (χ0v) is 16.1. The Hall–Kier alpha value is -0.700. The number of carboxylic acid groups (broad SMARTS) is 1. The number of rotatable bonds is 8. The van der Waals surface area contributed by atoms with Gasteiger partial charge in [-0.25, -0.2) is 4.57 Å². The molecule has 1 heterocycles. The minimum Gasteiger partial charge on any atom is -0.550 e. The SMILES string of the molecule is C[N+](C)(C)CC(O)CC(=O)[O-].O=P(O)(O)OC[C@H]1O[C@](O)(CO)[C@@H](O)[C@@H]1O. The highest BCUT2D eigenvalue weighted by atomic mass is 31.2. The van der Waals surface area contributed by atoms with Crippen molar-refractivity contribution in [2.24, 2.45) is 0 Å². The van der Waals surface area contributed by atoms with Gasteiger partial charge < -0.3 is 54.4 Å². The van der Waals surface area contributed by atoms with E-state index < -0.39 is 57.2 Å². The van der Waals surface area contributed by atoms with E-state index >= 15 is 0 Å². The molecule has 0 spiro atoms. The second kappa shape index (κ2) is 10.2. The largest absolute Gasteiger partial charge is 0.550 e. The molecule has 0 saturated carbocycles. The molecule has 0 aliphatic carbocycles. The van der Waals surface area contributed by atoms with E-state index in [1.165, 1.54) is 0 Å². The summed E-state index contributed by atoms with van der Waals surface area (Å²) in [5.74, 6) is -3.56. The van der Waals surface area contributed by atoms with Gasteiger partial charge in [0.15, 0.2) is 0 Å². The van der Waals surface area contributed by atoms with Gasteiger partial charge in [-0.15, -0.1) is 0 Å². The maximum Gasteiger partial charge on any atom is 0.469 e. The van der Waals surface area contributed by atoms with Crippen LogP contribution in [0.3, 0.4) is 0 Å². The van der Waals surface area contributed by atoms with Gasteiger partial charge in [0.05, 0.1) is 34.4 Å². The molecular weight excluding hydrogens is 393 g/mol. The Kier molecular flexibility index (Phi) is 9.92. The molecule has 0 aromatic heterocycles. The van der Waals surface area contributed by atoms with E-state index in [1.807, 2.05) is 21.1 Å². The number of aliphatic carboxylic acids is 1. The molecule has 0 aromatic rings. The molecular formula is C13H28NO12P. The molecule has 1 fully saturated rings. The summed E-state index contributed by atoms with van der Waals surface area (Å²) in [6, 6.07) is 0. The van der Waals surface area contributed by atoms with Gasteiger partial charge in [0.25, 0.3) is 0 Å². The van der Waals surface area contributed by atoms with Crippen molar-refractivity contribution in [2.45, 2.75) is 36.6 Å². The number of phosphoric acid groups is 1. The minimum absolute atomic E-state index is 0.282. The van der Waals surface area contributed by atoms with Crippen LogP contribution in [0.5, 0.6) is 0 Å². The lowest BCUT2D eigenvalue weighted by molar-refractivity contribution is -0.873. The lowest BCUT2D eigenvalue weighted by Crippen LogP contribution is -2.46. The van der Waals surface area contributed by atoms with Crippen molar-refractivity contribution < 1.29 is 63.5 Å². The van der Waals surface area contributed by atoms with E-state index in [0.717, 1.165) is 0 Å². The minimum atomic E-state index is -4.73. The van der Waals surface area contributed by atoms with Crippen LogP contribution in [0.4, 0.5) is 0 Å². The third-order valence-corrected chi connectivity index (χ3v) is 3.80. The summed E-state index contributed by atoms with van der Waals surface area (Å²) in [6.07, 6.45) is -5.85. The zero-order valence-electron chi connectivity index (χ0n) is 15.2. The third-order valence-electron chi connectivity index (χ3n) is 3.32. The van der Waals surface area contributed by atoms with Crippen LogP contribution in [0.1, 0.15) is 6.42 Å². The van der Waals surface area contributed by atoms with Crippen LogP contribution in [0, 0.1) is 0 Å². The number of nitrogens with zero attached hydrogens (tertiary/aromatic N) is 1. The summed E-state index contributed by atoms with van der Waals surface area (Å²) in [7, 11) is 0.931. The Morgan fingerprint density at radius 3 is 2.19 bits per heavy atom.